The first-order valence-electron chi connectivity index (χ1n) is 10.3. The van der Waals surface area contributed by atoms with Crippen LogP contribution in [0.25, 0.3) is 22.4 Å². The van der Waals surface area contributed by atoms with Gasteiger partial charge in [-0.05, 0) is 44.0 Å². The summed E-state index contributed by atoms with van der Waals surface area (Å²) in [6.07, 6.45) is 4.67. The lowest BCUT2D eigenvalue weighted by Gasteiger charge is -2.10. The number of hydrogen-bond acceptors (Lipinski definition) is 3. The number of H-pyrrole nitrogens is 1. The van der Waals surface area contributed by atoms with Crippen molar-refractivity contribution >= 4 is 16.9 Å². The number of rotatable bonds is 7. The van der Waals surface area contributed by atoms with Gasteiger partial charge in [0.2, 0.25) is 5.89 Å². The van der Waals surface area contributed by atoms with Crippen molar-refractivity contribution in [1.29, 1.82) is 0 Å². The molecule has 0 aliphatic carbocycles. The molecule has 0 spiro atoms. The molecule has 0 unspecified atom stereocenters. The summed E-state index contributed by atoms with van der Waals surface area (Å²) in [6.45, 7) is 6.17. The fraction of sp³-hybridized carbons (Fsp3) is 0.250. The van der Waals surface area contributed by atoms with Gasteiger partial charge < -0.3 is 20.0 Å². The summed E-state index contributed by atoms with van der Waals surface area (Å²) in [6, 6.07) is 16.5. The van der Waals surface area contributed by atoms with Gasteiger partial charge in [-0.15, -0.1) is 0 Å². The summed E-state index contributed by atoms with van der Waals surface area (Å²) in [4.78, 5) is 12.5. The highest BCUT2D eigenvalue weighted by Crippen LogP contribution is 2.19. The van der Waals surface area contributed by atoms with Crippen LogP contribution in [0.4, 0.5) is 0 Å². The summed E-state index contributed by atoms with van der Waals surface area (Å²) in [5, 5.41) is 7.96. The molecule has 4 aromatic rings. The fourth-order valence-electron chi connectivity index (χ4n) is 3.36. The molecule has 154 valence electrons. The van der Waals surface area contributed by atoms with Gasteiger partial charge in [0.1, 0.15) is 12.0 Å². The Balaban J connectivity index is 1.36. The van der Waals surface area contributed by atoms with Gasteiger partial charge in [0, 0.05) is 35.8 Å². The average Bonchev–Trinajstić information content (AvgIpc) is 3.40. The first-order chi connectivity index (χ1) is 14.7. The predicted octanol–water partition coefficient (Wildman–Crippen LogP) is 4.43. The molecule has 30 heavy (non-hydrogen) atoms. The predicted molar refractivity (Wildman–Crippen MR) is 121 cm³/mol. The molecule has 0 aliphatic heterocycles. The number of para-hydroxylation sites is 1. The Morgan fingerprint density at radius 3 is 2.77 bits per heavy atom. The van der Waals surface area contributed by atoms with Crippen LogP contribution >= 0.6 is 0 Å². The summed E-state index contributed by atoms with van der Waals surface area (Å²) in [5.74, 6) is 1.40. The van der Waals surface area contributed by atoms with Crippen LogP contribution in [0.15, 0.2) is 70.4 Å². The molecule has 2 heterocycles. The van der Waals surface area contributed by atoms with Crippen LogP contribution in [0.5, 0.6) is 0 Å². The van der Waals surface area contributed by atoms with E-state index in [4.69, 9.17) is 4.42 Å². The number of benzene rings is 2. The lowest BCUT2D eigenvalue weighted by atomic mass is 10.1. The van der Waals surface area contributed by atoms with Crippen molar-refractivity contribution in [1.82, 2.24) is 20.6 Å². The van der Waals surface area contributed by atoms with Crippen molar-refractivity contribution in [2.24, 2.45) is 4.99 Å². The summed E-state index contributed by atoms with van der Waals surface area (Å²) >= 11 is 0. The highest BCUT2D eigenvalue weighted by molar-refractivity contribution is 5.83. The van der Waals surface area contributed by atoms with E-state index in [0.717, 1.165) is 36.7 Å². The van der Waals surface area contributed by atoms with Crippen molar-refractivity contribution in [3.8, 4) is 11.5 Å². The quantitative estimate of drug-likeness (QED) is 0.316. The van der Waals surface area contributed by atoms with Crippen LogP contribution in [0.3, 0.4) is 0 Å². The van der Waals surface area contributed by atoms with E-state index in [0.29, 0.717) is 12.4 Å². The first-order valence-corrected chi connectivity index (χ1v) is 10.3. The molecule has 4 rings (SSSR count). The molecule has 0 radical (unpaired) electrons. The van der Waals surface area contributed by atoms with Crippen LogP contribution in [0.1, 0.15) is 23.7 Å². The normalized spacial score (nSPS) is 11.7. The maximum Gasteiger partial charge on any atom is 0.226 e. The Kier molecular flexibility index (Phi) is 6.13. The molecule has 0 saturated carbocycles. The number of guanidine groups is 1. The molecule has 0 bridgehead atoms. The van der Waals surface area contributed by atoms with E-state index in [9.17, 15) is 0 Å². The second-order valence-corrected chi connectivity index (χ2v) is 7.24. The summed E-state index contributed by atoms with van der Waals surface area (Å²) in [7, 11) is 0. The van der Waals surface area contributed by atoms with Gasteiger partial charge >= 0.3 is 0 Å². The van der Waals surface area contributed by atoms with Crippen LogP contribution in [0, 0.1) is 6.92 Å². The van der Waals surface area contributed by atoms with Crippen molar-refractivity contribution in [2.45, 2.75) is 26.8 Å². The van der Waals surface area contributed by atoms with Crippen LogP contribution in [0.2, 0.25) is 0 Å². The highest BCUT2D eigenvalue weighted by Gasteiger charge is 2.07. The van der Waals surface area contributed by atoms with Crippen LogP contribution in [-0.2, 0) is 13.0 Å². The molecule has 6 nitrogen and oxygen atoms in total. The fourth-order valence-corrected chi connectivity index (χ4v) is 3.36. The van der Waals surface area contributed by atoms with Gasteiger partial charge in [-0.2, -0.15) is 0 Å². The standard InChI is InChI=1S/C24H27N5O/c1-3-25-24(26-13-12-19-14-27-22-7-5-4-6-21(19)22)28-15-20-16-30-23(29-20)18-10-8-17(2)9-11-18/h4-11,14,16,27H,3,12-13,15H2,1-2H3,(H2,25,26,28). The Morgan fingerprint density at radius 2 is 1.93 bits per heavy atom. The smallest absolute Gasteiger partial charge is 0.226 e. The minimum absolute atomic E-state index is 0.456. The third-order valence-corrected chi connectivity index (χ3v) is 4.96. The van der Waals surface area contributed by atoms with E-state index in [1.54, 1.807) is 6.26 Å². The Morgan fingerprint density at radius 1 is 1.10 bits per heavy atom. The van der Waals surface area contributed by atoms with Crippen LogP contribution in [-0.4, -0.2) is 29.0 Å². The number of hydrogen-bond donors (Lipinski definition) is 3. The molecule has 0 aliphatic rings. The van der Waals surface area contributed by atoms with Gasteiger partial charge in [0.25, 0.3) is 0 Å². The molecule has 0 amide bonds. The molecule has 0 fully saturated rings. The minimum Gasteiger partial charge on any atom is -0.444 e. The SMILES string of the molecule is CCNC(=NCc1coc(-c2ccc(C)cc2)n1)NCCc1c[nH]c2ccccc12. The molecule has 6 heteroatoms. The minimum atomic E-state index is 0.456. The molecule has 0 atom stereocenters. The lowest BCUT2D eigenvalue weighted by molar-refractivity contribution is 0.572. The number of oxazole rings is 1. The number of fused-ring (bicyclic) bond motifs is 1. The average molecular weight is 402 g/mol. The van der Waals surface area contributed by atoms with Crippen molar-refractivity contribution < 1.29 is 4.42 Å². The first kappa shape index (κ1) is 19.8. The molecular weight excluding hydrogens is 374 g/mol. The Labute approximate surface area is 176 Å². The van der Waals surface area contributed by atoms with E-state index < -0.39 is 0 Å². The molecule has 3 N–H and O–H groups in total. The maximum atomic E-state index is 5.63. The van der Waals surface area contributed by atoms with Gasteiger partial charge in [-0.1, -0.05) is 35.9 Å². The monoisotopic (exact) mass is 401 g/mol. The van der Waals surface area contributed by atoms with E-state index in [1.807, 2.05) is 18.2 Å². The molecular formula is C24H27N5O. The van der Waals surface area contributed by atoms with E-state index in [-0.39, 0.29) is 0 Å². The van der Waals surface area contributed by atoms with Gasteiger partial charge in [-0.3, -0.25) is 0 Å². The van der Waals surface area contributed by atoms with E-state index in [2.05, 4.69) is 76.0 Å². The third-order valence-electron chi connectivity index (χ3n) is 4.96. The van der Waals surface area contributed by atoms with E-state index >= 15 is 0 Å². The molecule has 0 saturated heterocycles. The maximum absolute atomic E-state index is 5.63. The second kappa shape index (κ2) is 9.31. The summed E-state index contributed by atoms with van der Waals surface area (Å²) < 4.78 is 5.63. The van der Waals surface area contributed by atoms with Gasteiger partial charge in [0.05, 0.1) is 6.54 Å². The molecule has 2 aromatic heterocycles. The zero-order valence-electron chi connectivity index (χ0n) is 17.4. The summed E-state index contributed by atoms with van der Waals surface area (Å²) in [5.41, 5.74) is 5.46. The number of aromatic amines is 1. The van der Waals surface area contributed by atoms with Crippen molar-refractivity contribution in [3.05, 3.63) is 77.8 Å². The van der Waals surface area contributed by atoms with Crippen molar-refractivity contribution in [3.63, 3.8) is 0 Å². The Bertz CT molecular complexity index is 1120. The molecule has 2 aromatic carbocycles. The lowest BCUT2D eigenvalue weighted by Crippen LogP contribution is -2.38. The van der Waals surface area contributed by atoms with Gasteiger partial charge in [-0.25, -0.2) is 9.98 Å². The zero-order chi connectivity index (χ0) is 20.8. The number of nitrogens with one attached hydrogen (secondary N) is 3. The van der Waals surface area contributed by atoms with E-state index in [1.165, 1.54) is 22.0 Å². The topological polar surface area (TPSA) is 78.2 Å². The number of nitrogens with zero attached hydrogens (tertiary/aromatic N) is 2. The third kappa shape index (κ3) is 4.71. The Hall–Kier alpha value is -3.54. The van der Waals surface area contributed by atoms with Gasteiger partial charge in [0.15, 0.2) is 5.96 Å². The largest absolute Gasteiger partial charge is 0.444 e. The highest BCUT2D eigenvalue weighted by atomic mass is 16.3. The number of aliphatic imine (C=N–C) groups is 1. The second-order valence-electron chi connectivity index (χ2n) is 7.24. The number of aromatic nitrogens is 2. The van der Waals surface area contributed by atoms with Crippen molar-refractivity contribution in [2.75, 3.05) is 13.1 Å². The van der Waals surface area contributed by atoms with Crippen LogP contribution < -0.4 is 10.6 Å². The number of aryl methyl sites for hydroxylation is 1. The zero-order valence-corrected chi connectivity index (χ0v) is 17.4.